The van der Waals surface area contributed by atoms with Gasteiger partial charge in [0.15, 0.2) is 5.82 Å². The lowest BCUT2D eigenvalue weighted by atomic mass is 10.2. The first-order valence-electron chi connectivity index (χ1n) is 7.94. The van der Waals surface area contributed by atoms with Gasteiger partial charge < -0.3 is 14.6 Å². The molecule has 24 heavy (non-hydrogen) atoms. The third kappa shape index (κ3) is 2.89. The minimum Gasteiger partial charge on any atom is -0.353 e. The summed E-state index contributed by atoms with van der Waals surface area (Å²) in [6.07, 6.45) is 6.70. The average molecular weight is 385 g/mol. The number of hydrogen-bond acceptors (Lipinski definition) is 3. The summed E-state index contributed by atoms with van der Waals surface area (Å²) in [5.41, 5.74) is 1.78. The molecule has 0 spiro atoms. The van der Waals surface area contributed by atoms with Crippen LogP contribution in [0.15, 0.2) is 59.5 Å². The highest BCUT2D eigenvalue weighted by molar-refractivity contribution is 9.10. The van der Waals surface area contributed by atoms with Crippen LogP contribution >= 0.6 is 15.9 Å². The molecule has 0 unspecified atom stereocenters. The molecular weight excluding hydrogens is 368 g/mol. The van der Waals surface area contributed by atoms with Crippen molar-refractivity contribution in [2.45, 2.75) is 12.5 Å². The number of rotatable bonds is 3. The molecule has 122 valence electrons. The highest BCUT2D eigenvalue weighted by atomic mass is 79.9. The van der Waals surface area contributed by atoms with Gasteiger partial charge in [-0.25, -0.2) is 4.98 Å². The Morgan fingerprint density at radius 2 is 2.04 bits per heavy atom. The maximum absolute atomic E-state index is 12.4. The monoisotopic (exact) mass is 384 g/mol. The van der Waals surface area contributed by atoms with Gasteiger partial charge in [-0.1, -0.05) is 15.9 Å². The van der Waals surface area contributed by atoms with Crippen molar-refractivity contribution in [3.8, 4) is 0 Å². The van der Waals surface area contributed by atoms with Crippen LogP contribution in [0.4, 0.5) is 5.82 Å². The molecule has 1 amide bonds. The highest BCUT2D eigenvalue weighted by Crippen LogP contribution is 2.23. The van der Waals surface area contributed by atoms with Gasteiger partial charge in [-0.2, -0.15) is 0 Å². The molecule has 1 aliphatic heterocycles. The van der Waals surface area contributed by atoms with E-state index in [9.17, 15) is 4.79 Å². The predicted molar refractivity (Wildman–Crippen MR) is 97.4 cm³/mol. The van der Waals surface area contributed by atoms with E-state index < -0.39 is 0 Å². The van der Waals surface area contributed by atoms with Crippen LogP contribution in [-0.4, -0.2) is 34.4 Å². The van der Waals surface area contributed by atoms with Crippen LogP contribution in [0.1, 0.15) is 16.8 Å². The third-order valence-corrected chi connectivity index (χ3v) is 4.89. The van der Waals surface area contributed by atoms with Crippen molar-refractivity contribution < 1.29 is 4.79 Å². The summed E-state index contributed by atoms with van der Waals surface area (Å²) < 4.78 is 3.04. The largest absolute Gasteiger partial charge is 0.353 e. The summed E-state index contributed by atoms with van der Waals surface area (Å²) in [5.74, 6) is 0.950. The number of nitrogens with one attached hydrogen (secondary N) is 1. The number of anilines is 1. The third-order valence-electron chi connectivity index (χ3n) is 4.36. The van der Waals surface area contributed by atoms with Gasteiger partial charge in [0.25, 0.3) is 5.91 Å². The molecule has 1 atom stereocenters. The van der Waals surface area contributed by atoms with Crippen LogP contribution in [0, 0.1) is 0 Å². The molecule has 1 aliphatic rings. The average Bonchev–Trinajstić information content (AvgIpc) is 3.24. The lowest BCUT2D eigenvalue weighted by Crippen LogP contribution is -2.37. The minimum absolute atomic E-state index is 0.0248. The Bertz CT molecular complexity index is 874. The summed E-state index contributed by atoms with van der Waals surface area (Å²) in [7, 11) is 0. The zero-order chi connectivity index (χ0) is 16.5. The number of hydrogen-bond donors (Lipinski definition) is 1. The SMILES string of the molecule is O=C(N[C@H]1CCN(c2nccn3cccc23)C1)c1ccc(Br)cc1. The summed E-state index contributed by atoms with van der Waals surface area (Å²) >= 11 is 3.39. The Labute approximate surface area is 148 Å². The van der Waals surface area contributed by atoms with E-state index in [1.165, 1.54) is 0 Å². The van der Waals surface area contributed by atoms with E-state index in [4.69, 9.17) is 0 Å². The Morgan fingerprint density at radius 1 is 1.21 bits per heavy atom. The topological polar surface area (TPSA) is 49.6 Å². The second kappa shape index (κ2) is 6.28. The molecule has 5 nitrogen and oxygen atoms in total. The van der Waals surface area contributed by atoms with Crippen LogP contribution in [0.25, 0.3) is 5.52 Å². The van der Waals surface area contributed by atoms with Gasteiger partial charge in [0.05, 0.1) is 5.52 Å². The van der Waals surface area contributed by atoms with Crippen molar-refractivity contribution in [1.29, 1.82) is 0 Å². The van der Waals surface area contributed by atoms with E-state index in [0.717, 1.165) is 35.3 Å². The van der Waals surface area contributed by atoms with Gasteiger partial charge in [0.2, 0.25) is 0 Å². The molecule has 1 aromatic carbocycles. The number of carbonyl (C=O) groups is 1. The van der Waals surface area contributed by atoms with Gasteiger partial charge in [0.1, 0.15) is 0 Å². The number of benzene rings is 1. The zero-order valence-corrected chi connectivity index (χ0v) is 14.6. The fourth-order valence-corrected chi connectivity index (χ4v) is 3.40. The van der Waals surface area contributed by atoms with Crippen LogP contribution in [0.5, 0.6) is 0 Å². The van der Waals surface area contributed by atoms with E-state index in [2.05, 4.69) is 41.6 Å². The second-order valence-corrected chi connectivity index (χ2v) is 6.88. The lowest BCUT2D eigenvalue weighted by molar-refractivity contribution is 0.0940. The Kier molecular flexibility index (Phi) is 3.98. The van der Waals surface area contributed by atoms with Gasteiger partial charge in [0, 0.05) is 47.8 Å². The molecule has 0 radical (unpaired) electrons. The highest BCUT2D eigenvalue weighted by Gasteiger charge is 2.26. The van der Waals surface area contributed by atoms with Gasteiger partial charge in [-0.05, 0) is 42.8 Å². The first-order chi connectivity index (χ1) is 11.7. The van der Waals surface area contributed by atoms with Crippen LogP contribution in [0.3, 0.4) is 0 Å². The van der Waals surface area contributed by atoms with E-state index in [0.29, 0.717) is 5.56 Å². The molecule has 3 aromatic rings. The number of carbonyl (C=O) groups excluding carboxylic acids is 1. The van der Waals surface area contributed by atoms with Crippen molar-refractivity contribution in [1.82, 2.24) is 14.7 Å². The molecule has 1 fully saturated rings. The summed E-state index contributed by atoms with van der Waals surface area (Å²) in [4.78, 5) is 19.1. The number of halogens is 1. The van der Waals surface area contributed by atoms with Crippen LogP contribution in [-0.2, 0) is 0 Å². The van der Waals surface area contributed by atoms with E-state index >= 15 is 0 Å². The quantitative estimate of drug-likeness (QED) is 0.754. The van der Waals surface area contributed by atoms with Crippen molar-refractivity contribution in [2.75, 3.05) is 18.0 Å². The Hall–Kier alpha value is -2.34. The molecule has 1 saturated heterocycles. The molecule has 0 bridgehead atoms. The van der Waals surface area contributed by atoms with E-state index in [-0.39, 0.29) is 11.9 Å². The smallest absolute Gasteiger partial charge is 0.251 e. The summed E-state index contributed by atoms with van der Waals surface area (Å²) in [6, 6.07) is 11.6. The summed E-state index contributed by atoms with van der Waals surface area (Å²) in [6.45, 7) is 1.67. The number of nitrogens with zero attached hydrogens (tertiary/aromatic N) is 3. The molecule has 1 N–H and O–H groups in total. The molecule has 4 rings (SSSR count). The first kappa shape index (κ1) is 15.2. The molecule has 0 saturated carbocycles. The summed E-state index contributed by atoms with van der Waals surface area (Å²) in [5, 5.41) is 3.13. The normalized spacial score (nSPS) is 17.4. The Morgan fingerprint density at radius 3 is 2.88 bits per heavy atom. The van der Waals surface area contributed by atoms with Crippen molar-refractivity contribution in [3.05, 3.63) is 65.0 Å². The van der Waals surface area contributed by atoms with Crippen molar-refractivity contribution in [3.63, 3.8) is 0 Å². The fraction of sp³-hybridized carbons (Fsp3) is 0.222. The van der Waals surface area contributed by atoms with Gasteiger partial charge in [-0.15, -0.1) is 0 Å². The number of fused-ring (bicyclic) bond motifs is 1. The van der Waals surface area contributed by atoms with E-state index in [1.807, 2.05) is 48.9 Å². The Balaban J connectivity index is 1.46. The zero-order valence-electron chi connectivity index (χ0n) is 13.0. The van der Waals surface area contributed by atoms with Crippen molar-refractivity contribution in [2.24, 2.45) is 0 Å². The van der Waals surface area contributed by atoms with Crippen LogP contribution < -0.4 is 10.2 Å². The second-order valence-electron chi connectivity index (χ2n) is 5.96. The van der Waals surface area contributed by atoms with Gasteiger partial charge in [-0.3, -0.25) is 4.79 Å². The first-order valence-corrected chi connectivity index (χ1v) is 8.73. The predicted octanol–water partition coefficient (Wildman–Crippen LogP) is 3.11. The minimum atomic E-state index is -0.0248. The van der Waals surface area contributed by atoms with Crippen molar-refractivity contribution >= 4 is 33.2 Å². The van der Waals surface area contributed by atoms with Gasteiger partial charge >= 0.3 is 0 Å². The maximum atomic E-state index is 12.4. The molecule has 3 heterocycles. The number of amides is 1. The molecule has 6 heteroatoms. The molecule has 2 aromatic heterocycles. The maximum Gasteiger partial charge on any atom is 0.251 e. The molecular formula is C18H17BrN4O. The van der Waals surface area contributed by atoms with E-state index in [1.54, 1.807) is 0 Å². The fourth-order valence-electron chi connectivity index (χ4n) is 3.14. The number of aromatic nitrogens is 2. The molecule has 0 aliphatic carbocycles. The van der Waals surface area contributed by atoms with Crippen LogP contribution in [0.2, 0.25) is 0 Å². The standard InChI is InChI=1S/C18H17BrN4O/c19-14-5-3-13(4-6-14)18(24)21-15-7-10-23(12-15)17-16-2-1-9-22(16)11-8-20-17/h1-6,8-9,11,15H,7,10,12H2,(H,21,24)/t15-/m0/s1. The lowest BCUT2D eigenvalue weighted by Gasteiger charge is -2.19.